The highest BCUT2D eigenvalue weighted by molar-refractivity contribution is 5.97. The van der Waals surface area contributed by atoms with Crippen LogP contribution in [0.2, 0.25) is 0 Å². The third-order valence-electron chi connectivity index (χ3n) is 6.71. The van der Waals surface area contributed by atoms with Crippen LogP contribution in [0.25, 0.3) is 0 Å². The Morgan fingerprint density at radius 2 is 1.90 bits per heavy atom. The van der Waals surface area contributed by atoms with E-state index in [1.54, 1.807) is 0 Å². The molecule has 0 aromatic carbocycles. The van der Waals surface area contributed by atoms with Crippen LogP contribution in [0.5, 0.6) is 0 Å². The van der Waals surface area contributed by atoms with Crippen molar-refractivity contribution in [2.45, 2.75) is 77.7 Å². The van der Waals surface area contributed by atoms with Gasteiger partial charge in [0.2, 0.25) is 0 Å². The first-order valence-electron chi connectivity index (χ1n) is 11.5. The second-order valence-electron chi connectivity index (χ2n) is 8.93. The second-order valence-corrected chi connectivity index (χ2v) is 8.93. The quantitative estimate of drug-likeness (QED) is 0.769. The summed E-state index contributed by atoms with van der Waals surface area (Å²) in [5.41, 5.74) is 2.93. The van der Waals surface area contributed by atoms with Crippen LogP contribution in [0, 0.1) is 5.92 Å². The lowest BCUT2D eigenvalue weighted by molar-refractivity contribution is 0.0690. The molecule has 1 aromatic heterocycles. The molecular weight excluding hydrogens is 364 g/mol. The summed E-state index contributed by atoms with van der Waals surface area (Å²) >= 11 is 0. The molecule has 1 fully saturated rings. The topological polar surface area (TPSA) is 67.2 Å². The van der Waals surface area contributed by atoms with Crippen molar-refractivity contribution in [2.75, 3.05) is 19.6 Å². The van der Waals surface area contributed by atoms with Gasteiger partial charge in [0, 0.05) is 26.2 Å². The van der Waals surface area contributed by atoms with E-state index in [1.807, 2.05) is 9.47 Å². The summed E-state index contributed by atoms with van der Waals surface area (Å²) in [7, 11) is 0. The molecule has 0 unspecified atom stereocenters. The molecule has 0 saturated carbocycles. The maximum Gasteiger partial charge on any atom is 0.287 e. The predicted molar refractivity (Wildman–Crippen MR) is 113 cm³/mol. The number of aromatic nitrogens is 2. The molecule has 1 aromatic rings. The van der Waals surface area contributed by atoms with Gasteiger partial charge in [-0.3, -0.25) is 9.59 Å². The number of amides is 2. The lowest BCUT2D eigenvalue weighted by atomic mass is 9.97. The van der Waals surface area contributed by atoms with E-state index in [0.29, 0.717) is 24.0 Å². The van der Waals surface area contributed by atoms with Gasteiger partial charge in [0.05, 0.1) is 5.69 Å². The molecule has 3 heterocycles. The molecule has 0 spiro atoms. The standard InChI is InChI=1S/C23H34N4O2/c1-17-11-15-26(16-12-17)23(29)20-19-9-5-6-14-27(19)21(25-20)22(28)24-13-10-18-7-3-2-4-8-18/h7,17H,2-6,8-16H2,1H3,(H,24,28). The smallest absolute Gasteiger partial charge is 0.287 e. The second kappa shape index (κ2) is 9.14. The molecule has 3 aliphatic rings. The Hall–Kier alpha value is -2.11. The average Bonchev–Trinajstić information content (AvgIpc) is 3.14. The van der Waals surface area contributed by atoms with Gasteiger partial charge in [-0.25, -0.2) is 4.98 Å². The minimum absolute atomic E-state index is 0.00830. The minimum atomic E-state index is -0.143. The maximum atomic E-state index is 13.1. The van der Waals surface area contributed by atoms with E-state index in [1.165, 1.54) is 18.4 Å². The monoisotopic (exact) mass is 398 g/mol. The van der Waals surface area contributed by atoms with Gasteiger partial charge in [-0.1, -0.05) is 18.6 Å². The van der Waals surface area contributed by atoms with E-state index in [-0.39, 0.29) is 11.8 Å². The number of nitrogens with zero attached hydrogens (tertiary/aromatic N) is 3. The summed E-state index contributed by atoms with van der Waals surface area (Å²) in [5.74, 6) is 0.964. The summed E-state index contributed by atoms with van der Waals surface area (Å²) in [5, 5.41) is 3.05. The fraction of sp³-hybridized carbons (Fsp3) is 0.696. The third kappa shape index (κ3) is 4.57. The van der Waals surface area contributed by atoms with Crippen LogP contribution in [0.15, 0.2) is 11.6 Å². The maximum absolute atomic E-state index is 13.1. The van der Waals surface area contributed by atoms with Crippen molar-refractivity contribution in [3.05, 3.63) is 28.9 Å². The van der Waals surface area contributed by atoms with Crippen molar-refractivity contribution in [3.63, 3.8) is 0 Å². The van der Waals surface area contributed by atoms with Gasteiger partial charge in [-0.2, -0.15) is 0 Å². The molecule has 0 atom stereocenters. The number of hydrogen-bond acceptors (Lipinski definition) is 3. The van der Waals surface area contributed by atoms with Crippen LogP contribution >= 0.6 is 0 Å². The number of imidazole rings is 1. The Morgan fingerprint density at radius 3 is 2.66 bits per heavy atom. The number of fused-ring (bicyclic) bond motifs is 1. The third-order valence-corrected chi connectivity index (χ3v) is 6.71. The highest BCUT2D eigenvalue weighted by Crippen LogP contribution is 2.25. The van der Waals surface area contributed by atoms with Crippen LogP contribution in [-0.4, -0.2) is 45.9 Å². The number of allylic oxidation sites excluding steroid dienone is 1. The van der Waals surface area contributed by atoms with Crippen molar-refractivity contribution in [3.8, 4) is 0 Å². The molecule has 1 aliphatic carbocycles. The van der Waals surface area contributed by atoms with Gasteiger partial charge in [-0.15, -0.1) is 0 Å². The molecule has 0 bridgehead atoms. The number of carbonyl (C=O) groups is 2. The summed E-state index contributed by atoms with van der Waals surface area (Å²) in [4.78, 5) is 32.5. The van der Waals surface area contributed by atoms with Crippen molar-refractivity contribution < 1.29 is 9.59 Å². The normalized spacial score (nSPS) is 20.2. The van der Waals surface area contributed by atoms with E-state index < -0.39 is 0 Å². The van der Waals surface area contributed by atoms with E-state index in [0.717, 1.165) is 76.7 Å². The molecular formula is C23H34N4O2. The average molecular weight is 399 g/mol. The highest BCUT2D eigenvalue weighted by Gasteiger charge is 2.31. The SMILES string of the molecule is CC1CCN(C(=O)c2nc(C(=O)NCCC3=CCCCC3)n3c2CCCC3)CC1. The minimum Gasteiger partial charge on any atom is -0.349 e. The molecule has 2 amide bonds. The first-order chi connectivity index (χ1) is 14.1. The number of piperidine rings is 1. The van der Waals surface area contributed by atoms with Crippen LogP contribution in [0.3, 0.4) is 0 Å². The lowest BCUT2D eigenvalue weighted by Crippen LogP contribution is -2.38. The number of likely N-dealkylation sites (tertiary alicyclic amines) is 1. The zero-order valence-electron chi connectivity index (χ0n) is 17.7. The number of hydrogen-bond donors (Lipinski definition) is 1. The summed E-state index contributed by atoms with van der Waals surface area (Å²) in [6, 6.07) is 0. The molecule has 6 nitrogen and oxygen atoms in total. The van der Waals surface area contributed by atoms with E-state index in [2.05, 4.69) is 23.3 Å². The Bertz CT molecular complexity index is 787. The predicted octanol–water partition coefficient (Wildman–Crippen LogP) is 3.71. The molecule has 158 valence electrons. The van der Waals surface area contributed by atoms with Crippen molar-refractivity contribution >= 4 is 11.8 Å². The van der Waals surface area contributed by atoms with Crippen molar-refractivity contribution in [1.29, 1.82) is 0 Å². The zero-order valence-corrected chi connectivity index (χ0v) is 17.7. The van der Waals surface area contributed by atoms with Crippen LogP contribution in [-0.2, 0) is 13.0 Å². The highest BCUT2D eigenvalue weighted by atomic mass is 16.2. The van der Waals surface area contributed by atoms with E-state index >= 15 is 0 Å². The van der Waals surface area contributed by atoms with Crippen LogP contribution < -0.4 is 5.32 Å². The van der Waals surface area contributed by atoms with Crippen molar-refractivity contribution in [1.82, 2.24) is 19.8 Å². The Labute approximate surface area is 173 Å². The zero-order chi connectivity index (χ0) is 20.2. The molecule has 1 N–H and O–H groups in total. The number of rotatable bonds is 5. The number of nitrogens with one attached hydrogen (secondary N) is 1. The largest absolute Gasteiger partial charge is 0.349 e. The Balaban J connectivity index is 1.46. The molecule has 1 saturated heterocycles. The fourth-order valence-corrected chi connectivity index (χ4v) is 4.80. The van der Waals surface area contributed by atoms with Gasteiger partial charge in [0.1, 0.15) is 5.69 Å². The lowest BCUT2D eigenvalue weighted by Gasteiger charge is -2.30. The van der Waals surface area contributed by atoms with E-state index in [4.69, 9.17) is 0 Å². The van der Waals surface area contributed by atoms with Gasteiger partial charge >= 0.3 is 0 Å². The molecule has 4 rings (SSSR count). The van der Waals surface area contributed by atoms with Crippen molar-refractivity contribution in [2.24, 2.45) is 5.92 Å². The summed E-state index contributed by atoms with van der Waals surface area (Å²) in [6.45, 7) is 5.25. The fourth-order valence-electron chi connectivity index (χ4n) is 4.80. The summed E-state index contributed by atoms with van der Waals surface area (Å²) in [6.07, 6.45) is 13.1. The Kier molecular flexibility index (Phi) is 6.36. The summed E-state index contributed by atoms with van der Waals surface area (Å²) < 4.78 is 2.00. The first kappa shape index (κ1) is 20.2. The van der Waals surface area contributed by atoms with Crippen LogP contribution in [0.4, 0.5) is 0 Å². The van der Waals surface area contributed by atoms with Gasteiger partial charge in [0.25, 0.3) is 11.8 Å². The molecule has 6 heteroatoms. The molecule has 2 aliphatic heterocycles. The molecule has 0 radical (unpaired) electrons. The van der Waals surface area contributed by atoms with E-state index in [9.17, 15) is 9.59 Å². The Morgan fingerprint density at radius 1 is 1.10 bits per heavy atom. The van der Waals surface area contributed by atoms with Gasteiger partial charge < -0.3 is 14.8 Å². The van der Waals surface area contributed by atoms with Gasteiger partial charge in [-0.05, 0) is 70.1 Å². The van der Waals surface area contributed by atoms with Crippen LogP contribution in [0.1, 0.15) is 91.5 Å². The first-order valence-corrected chi connectivity index (χ1v) is 11.5. The molecule has 29 heavy (non-hydrogen) atoms. The van der Waals surface area contributed by atoms with Gasteiger partial charge in [0.15, 0.2) is 5.82 Å². The number of carbonyl (C=O) groups excluding carboxylic acids is 2.